The Balaban J connectivity index is -0.000000215. The molecule has 0 aromatic carbocycles. The minimum absolute atomic E-state index is 0. The van der Waals surface area contributed by atoms with Gasteiger partial charge in [0.1, 0.15) is 18.1 Å². The molecule has 1 aliphatic heterocycles. The fourth-order valence-electron chi connectivity index (χ4n) is 6.92. The number of unbranched alkanes of at least 4 members (excludes halogenated alkanes) is 3. The molecular formula is C53H102N15O23Pt-3. The maximum Gasteiger partial charge on any atom is 0.407 e. The van der Waals surface area contributed by atoms with Crippen molar-refractivity contribution in [1.29, 1.82) is 0 Å². The molecule has 2 aliphatic rings. The zero-order valence-electron chi connectivity index (χ0n) is 52.1. The molecule has 1 aliphatic carbocycles. The number of rotatable bonds is 31. The summed E-state index contributed by atoms with van der Waals surface area (Å²) in [5.74, 6) is 0.724. The summed E-state index contributed by atoms with van der Waals surface area (Å²) in [4.78, 5) is 165. The molecule has 0 spiro atoms. The Labute approximate surface area is 551 Å². The van der Waals surface area contributed by atoms with Gasteiger partial charge in [-0.25, -0.2) is 33.6 Å². The van der Waals surface area contributed by atoms with Gasteiger partial charge in [0.05, 0.1) is 53.6 Å². The first-order valence-corrected chi connectivity index (χ1v) is 28.2. The Morgan fingerprint density at radius 3 is 1.24 bits per heavy atom. The number of carboxylic acids is 2. The van der Waals surface area contributed by atoms with Gasteiger partial charge in [0.25, 0.3) is 17.8 Å². The number of ether oxygens (including phenoxy) is 6. The topological polar surface area (TPSA) is 583 Å². The first-order valence-electron chi connectivity index (χ1n) is 28.2. The van der Waals surface area contributed by atoms with E-state index in [1.807, 2.05) is 0 Å². The Bertz CT molecular complexity index is 2120. The van der Waals surface area contributed by atoms with E-state index < -0.39 is 115 Å². The summed E-state index contributed by atoms with van der Waals surface area (Å²) >= 11 is 0. The van der Waals surface area contributed by atoms with Gasteiger partial charge in [-0.05, 0) is 91.6 Å². The van der Waals surface area contributed by atoms with Crippen molar-refractivity contribution < 1.29 is 132 Å². The molecule has 6 unspecified atom stereocenters. The van der Waals surface area contributed by atoms with Crippen LogP contribution < -0.4 is 60.0 Å². The number of aliphatic carboxylic acids is 2. The Morgan fingerprint density at radius 2 is 0.924 bits per heavy atom. The second-order valence-corrected chi connectivity index (χ2v) is 17.8. The van der Waals surface area contributed by atoms with Crippen molar-refractivity contribution in [2.75, 3.05) is 81.4 Å². The van der Waals surface area contributed by atoms with Crippen molar-refractivity contribution in [3.8, 4) is 0 Å². The minimum atomic E-state index is -1.78. The molecule has 6 atom stereocenters. The van der Waals surface area contributed by atoms with Gasteiger partial charge in [-0.15, -0.1) is 5.06 Å². The molecule has 39 heteroatoms. The van der Waals surface area contributed by atoms with Crippen molar-refractivity contribution in [3.05, 3.63) is 16.8 Å². The number of hydroxylamine groups is 2. The summed E-state index contributed by atoms with van der Waals surface area (Å²) in [6, 6.07) is -4.75. The molecule has 92 heavy (non-hydrogen) atoms. The molecule has 1 saturated heterocycles. The van der Waals surface area contributed by atoms with E-state index in [0.29, 0.717) is 63.1 Å². The molecule has 0 aromatic heterocycles. The molecule has 1 saturated carbocycles. The molecular weight excluding hydrogens is 1410 g/mol. The number of hydrazine groups is 1. The fraction of sp³-hybridized carbons (Fsp3) is 0.736. The van der Waals surface area contributed by atoms with Gasteiger partial charge < -0.3 is 113 Å². The normalized spacial score (nSPS) is 14.2. The van der Waals surface area contributed by atoms with Crippen molar-refractivity contribution in [2.24, 2.45) is 17.4 Å². The number of alkyl carbamates (subject to hydrolysis) is 6. The van der Waals surface area contributed by atoms with Crippen molar-refractivity contribution in [3.63, 3.8) is 0 Å². The molecule has 38 nitrogen and oxygen atoms in total. The SMILES string of the molecule is C.C.CCOC(=O)NC(CCCCNC(=O)OC)C(=O)NC.CCOC(=O)NC(CCCCNC(=O)OC)C(=O)NCC(=O)[N-]C(CC(=O)O)C(=O)O.CCOC(=O)NC(CCCCNC(=O)OC)C(=O)ON1C(=O)CCC1=O.CN.NN.[NH-]C1CCCCC1[NH-].[Pt]. The molecule has 0 aromatic rings. The van der Waals surface area contributed by atoms with Crippen LogP contribution in [-0.4, -0.2) is 217 Å². The number of methoxy groups -OCH3 is 3. The Kier molecular flexibility index (Phi) is 67.1. The van der Waals surface area contributed by atoms with Crippen LogP contribution in [0.4, 0.5) is 28.8 Å². The fourth-order valence-corrected chi connectivity index (χ4v) is 6.92. The second-order valence-electron chi connectivity index (χ2n) is 17.8. The van der Waals surface area contributed by atoms with Crippen LogP contribution in [0.3, 0.4) is 0 Å². The average molecular weight is 1510 g/mol. The third kappa shape index (κ3) is 51.8. The van der Waals surface area contributed by atoms with Gasteiger partial charge >= 0.3 is 48.5 Å². The maximum atomic E-state index is 12.3. The van der Waals surface area contributed by atoms with Gasteiger partial charge in [0, 0.05) is 67.0 Å². The Hall–Kier alpha value is -7.93. The van der Waals surface area contributed by atoms with Crippen LogP contribution in [-0.2, 0) is 92.7 Å². The van der Waals surface area contributed by atoms with Crippen LogP contribution in [0.5, 0.6) is 0 Å². The van der Waals surface area contributed by atoms with Crippen LogP contribution in [0, 0.1) is 0 Å². The molecule has 11 amide bonds. The van der Waals surface area contributed by atoms with Crippen molar-refractivity contribution in [1.82, 2.24) is 47.6 Å². The zero-order chi connectivity index (χ0) is 68.7. The summed E-state index contributed by atoms with van der Waals surface area (Å²) < 4.78 is 27.5. The quantitative estimate of drug-likeness (QED) is 0.0156. The average Bonchev–Trinajstić information content (AvgIpc) is 2.00. The van der Waals surface area contributed by atoms with Gasteiger partial charge in [-0.3, -0.25) is 40.5 Å². The number of carboxylic acid groups (broad SMARTS) is 2. The smallest absolute Gasteiger partial charge is 0.407 e. The number of carbonyl (C=O) groups excluding carboxylic acids is 12. The van der Waals surface area contributed by atoms with E-state index >= 15 is 0 Å². The summed E-state index contributed by atoms with van der Waals surface area (Å²) in [6.45, 7) is 5.65. The largest absolute Gasteiger partial charge is 0.676 e. The van der Waals surface area contributed by atoms with E-state index in [2.05, 4.69) is 79.5 Å². The van der Waals surface area contributed by atoms with E-state index in [1.165, 1.54) is 48.3 Å². The van der Waals surface area contributed by atoms with Crippen LogP contribution in [0.2, 0.25) is 0 Å². The Morgan fingerprint density at radius 1 is 0.576 bits per heavy atom. The number of nitrogens with two attached hydrogens (primary N) is 3. The molecule has 1 heterocycles. The van der Waals surface area contributed by atoms with Gasteiger partial charge in [0.15, 0.2) is 0 Å². The first-order chi connectivity index (χ1) is 42.3. The molecule has 2 rings (SSSR count). The van der Waals surface area contributed by atoms with Gasteiger partial charge in [-0.2, -0.15) is 12.1 Å². The van der Waals surface area contributed by atoms with Crippen molar-refractivity contribution >= 4 is 84.0 Å². The summed E-state index contributed by atoms with van der Waals surface area (Å²) in [5.41, 5.74) is 19.1. The van der Waals surface area contributed by atoms with E-state index in [-0.39, 0.29) is 106 Å². The number of carbonyl (C=O) groups is 14. The monoisotopic (exact) mass is 1510 g/mol. The maximum absolute atomic E-state index is 12.3. The molecule has 2 fully saturated rings. The number of nitrogens with one attached hydrogen (secondary N) is 10. The number of amides is 11. The number of hydrogen-bond donors (Lipinski definition) is 13. The van der Waals surface area contributed by atoms with Gasteiger partial charge in [-0.1, -0.05) is 40.5 Å². The van der Waals surface area contributed by atoms with E-state index in [4.69, 9.17) is 40.7 Å². The van der Waals surface area contributed by atoms with E-state index in [9.17, 15) is 67.1 Å². The second kappa shape index (κ2) is 63.2. The molecule has 0 bridgehead atoms. The van der Waals surface area contributed by atoms with Crippen molar-refractivity contribution in [2.45, 2.75) is 175 Å². The van der Waals surface area contributed by atoms with Crippen LogP contribution in [0.25, 0.3) is 16.8 Å². The zero-order valence-corrected chi connectivity index (χ0v) is 54.4. The van der Waals surface area contributed by atoms with E-state index in [1.54, 1.807) is 20.8 Å². The van der Waals surface area contributed by atoms with Gasteiger partial charge in [0.2, 0.25) is 11.8 Å². The first kappa shape index (κ1) is 97.7. The molecule has 540 valence electrons. The van der Waals surface area contributed by atoms with Crippen LogP contribution >= 0.6 is 0 Å². The standard InChI is InChI=1S/C17H28N4O10.C15H23N3O8.C12H23N3O5.C6H12N2.CH5N.2CH4.H4N2.Pt/c1-3-31-17(29)21-10(6-4-5-7-18-16(28)30-2)14(25)19-9-12(22)20-11(15(26)27)8-13(23)24;1-3-25-15(23)17-10(6-4-5-9-16-14(22)24-2)13(21)26-18-11(19)7-8-12(18)20;1-4-20-12(18)15-9(10(16)13-2)7-5-6-8-14-11(17)19-3;7-5-3-1-2-4-6(5)8;1-2;;;1-2;/h10-11H,3-9H2,1-2H3,(H6,18,19,20,21,22,23,24,25,26,27,28,29);10H,3-9H2,1-2H3,(H,16,22)(H,17,23);9H,4-8H2,1-3H3,(H,13,16)(H,14,17)(H,15,18);5-8H,1-4H2;2H2,1H3;2*1H4;1-2H2;/q;;;-2;;;;;/p-1. The third-order valence-electron chi connectivity index (χ3n) is 11.3. The third-order valence-corrected chi connectivity index (χ3v) is 11.3. The molecule has 18 N–H and O–H groups in total. The number of nitrogens with zero attached hydrogens (tertiary/aromatic N) is 2. The number of imide groups is 1. The summed E-state index contributed by atoms with van der Waals surface area (Å²) in [6.07, 6.45) is 3.28. The number of likely N-dealkylation sites (N-methyl/N-ethyl adjacent to an activating group) is 1. The number of hydrogen-bond acceptors (Lipinski definition) is 24. The summed E-state index contributed by atoms with van der Waals surface area (Å²) in [7, 11) is 6.75. The van der Waals surface area contributed by atoms with Crippen LogP contribution in [0.1, 0.15) is 138 Å². The van der Waals surface area contributed by atoms with E-state index in [0.717, 1.165) is 12.8 Å². The molecule has 0 radical (unpaired) electrons. The summed E-state index contributed by atoms with van der Waals surface area (Å²) in [5, 5.41) is 40.5. The van der Waals surface area contributed by atoms with Crippen LogP contribution in [0.15, 0.2) is 0 Å². The predicted octanol–water partition coefficient (Wildman–Crippen LogP) is 2.25. The minimum Gasteiger partial charge on any atom is -0.676 e. The predicted molar refractivity (Wildman–Crippen MR) is 328 cm³/mol.